The maximum atomic E-state index is 6.16. The van der Waals surface area contributed by atoms with Crippen molar-refractivity contribution in [3.8, 4) is 45.3 Å². The lowest BCUT2D eigenvalue weighted by Gasteiger charge is -2.10. The van der Waals surface area contributed by atoms with E-state index in [0.717, 1.165) is 82.5 Å². The largest absolute Gasteiger partial charge is 0.456 e. The van der Waals surface area contributed by atoms with Crippen LogP contribution in [-0.2, 0) is 0 Å². The highest BCUT2D eigenvalue weighted by Crippen LogP contribution is 2.38. The monoisotopic (exact) mass is 615 g/mol. The first-order valence-electron chi connectivity index (χ1n) is 15.9. The van der Waals surface area contributed by atoms with E-state index in [0.29, 0.717) is 17.5 Å². The topological polar surface area (TPSA) is 65.0 Å². The minimum Gasteiger partial charge on any atom is -0.456 e. The van der Waals surface area contributed by atoms with Crippen LogP contribution in [0.25, 0.3) is 99.9 Å². The fraction of sp³-hybridized carbons (Fsp3) is 0. The first-order chi connectivity index (χ1) is 23.7. The molecule has 0 spiro atoms. The van der Waals surface area contributed by atoms with Crippen LogP contribution < -0.4 is 0 Å². The molecule has 0 aliphatic rings. The van der Waals surface area contributed by atoms with Crippen LogP contribution >= 0.6 is 0 Å². The third-order valence-electron chi connectivity index (χ3n) is 9.11. The molecule has 5 nitrogen and oxygen atoms in total. The summed E-state index contributed by atoms with van der Waals surface area (Å²) in [5.74, 6) is 1.86. The van der Waals surface area contributed by atoms with Gasteiger partial charge in [0.05, 0.1) is 0 Å². The summed E-state index contributed by atoms with van der Waals surface area (Å²) in [6.45, 7) is 0. The Hall–Kier alpha value is -6.59. The summed E-state index contributed by atoms with van der Waals surface area (Å²) in [5, 5.41) is 6.60. The van der Waals surface area contributed by atoms with Gasteiger partial charge in [0.25, 0.3) is 0 Å². The van der Waals surface area contributed by atoms with Crippen molar-refractivity contribution in [2.24, 2.45) is 0 Å². The van der Waals surface area contributed by atoms with Crippen LogP contribution in [0.5, 0.6) is 0 Å². The first kappa shape index (κ1) is 26.6. The molecule has 5 heteroatoms. The molecule has 0 bridgehead atoms. The Morgan fingerprint density at radius 2 is 0.875 bits per heavy atom. The van der Waals surface area contributed by atoms with Gasteiger partial charge in [0, 0.05) is 38.2 Å². The second-order valence-corrected chi connectivity index (χ2v) is 12.0. The molecule has 10 rings (SSSR count). The van der Waals surface area contributed by atoms with E-state index >= 15 is 0 Å². The maximum absolute atomic E-state index is 6.16. The molecule has 0 saturated carbocycles. The number of nitrogens with zero attached hydrogens (tertiary/aromatic N) is 3. The van der Waals surface area contributed by atoms with Crippen LogP contribution in [0, 0.1) is 0 Å². The SMILES string of the molecule is c1ccc(-c2nc(-c3ccc4cc(-c5cccc6oc7ccccc7c56)ccc4c3)nc(-c3ccc4oc5ccccc5c4c3)n2)cc1. The number of fused-ring (bicyclic) bond motifs is 7. The predicted molar refractivity (Wildman–Crippen MR) is 194 cm³/mol. The molecule has 0 atom stereocenters. The van der Waals surface area contributed by atoms with E-state index < -0.39 is 0 Å². The number of aromatic nitrogens is 3. The number of furan rings is 2. The van der Waals surface area contributed by atoms with Crippen molar-refractivity contribution in [3.05, 3.63) is 152 Å². The highest BCUT2D eigenvalue weighted by atomic mass is 16.3. The van der Waals surface area contributed by atoms with E-state index in [1.807, 2.05) is 78.9 Å². The zero-order valence-corrected chi connectivity index (χ0v) is 25.6. The summed E-state index contributed by atoms with van der Waals surface area (Å²) >= 11 is 0. The van der Waals surface area contributed by atoms with Crippen molar-refractivity contribution in [2.75, 3.05) is 0 Å². The molecule has 48 heavy (non-hydrogen) atoms. The van der Waals surface area contributed by atoms with E-state index in [-0.39, 0.29) is 0 Å². The second kappa shape index (κ2) is 10.5. The van der Waals surface area contributed by atoms with Gasteiger partial charge in [0.15, 0.2) is 17.5 Å². The summed E-state index contributed by atoms with van der Waals surface area (Å²) in [7, 11) is 0. The van der Waals surface area contributed by atoms with Gasteiger partial charge in [0.1, 0.15) is 22.3 Å². The molecule has 0 fully saturated rings. The van der Waals surface area contributed by atoms with Crippen molar-refractivity contribution in [1.82, 2.24) is 15.0 Å². The molecular weight excluding hydrogens is 590 g/mol. The van der Waals surface area contributed by atoms with Gasteiger partial charge < -0.3 is 8.83 Å². The van der Waals surface area contributed by atoms with Crippen LogP contribution in [0.1, 0.15) is 0 Å². The average molecular weight is 616 g/mol. The third-order valence-corrected chi connectivity index (χ3v) is 9.11. The third kappa shape index (κ3) is 4.29. The highest BCUT2D eigenvalue weighted by Gasteiger charge is 2.16. The molecule has 10 aromatic rings. The van der Waals surface area contributed by atoms with Crippen LogP contribution in [-0.4, -0.2) is 15.0 Å². The van der Waals surface area contributed by atoms with Crippen LogP contribution in [0.3, 0.4) is 0 Å². The Morgan fingerprint density at radius 3 is 1.67 bits per heavy atom. The number of hydrogen-bond acceptors (Lipinski definition) is 5. The maximum Gasteiger partial charge on any atom is 0.164 e. The van der Waals surface area contributed by atoms with Gasteiger partial charge in [-0.3, -0.25) is 0 Å². The molecule has 0 N–H and O–H groups in total. The normalized spacial score (nSPS) is 11.8. The molecule has 0 saturated heterocycles. The Balaban J connectivity index is 1.10. The van der Waals surface area contributed by atoms with Crippen molar-refractivity contribution in [2.45, 2.75) is 0 Å². The molecule has 3 heterocycles. The molecule has 224 valence electrons. The van der Waals surface area contributed by atoms with Gasteiger partial charge >= 0.3 is 0 Å². The predicted octanol–water partition coefficient (Wildman–Crippen LogP) is 11.5. The summed E-state index contributed by atoms with van der Waals surface area (Å²) in [5.41, 5.74) is 8.55. The number of para-hydroxylation sites is 2. The zero-order valence-electron chi connectivity index (χ0n) is 25.6. The van der Waals surface area contributed by atoms with Gasteiger partial charge in [-0.25, -0.2) is 15.0 Å². The van der Waals surface area contributed by atoms with E-state index in [9.17, 15) is 0 Å². The lowest BCUT2D eigenvalue weighted by Crippen LogP contribution is -2.00. The molecule has 0 radical (unpaired) electrons. The molecular formula is C43H25N3O2. The summed E-state index contributed by atoms with van der Waals surface area (Å²) in [4.78, 5) is 15.0. The lowest BCUT2D eigenvalue weighted by molar-refractivity contribution is 0.668. The Kier molecular flexibility index (Phi) is 5.81. The van der Waals surface area contributed by atoms with Gasteiger partial charge in [-0.15, -0.1) is 0 Å². The Bertz CT molecular complexity index is 2850. The van der Waals surface area contributed by atoms with Gasteiger partial charge in [-0.1, -0.05) is 103 Å². The van der Waals surface area contributed by atoms with E-state index in [2.05, 4.69) is 72.8 Å². The van der Waals surface area contributed by atoms with Crippen molar-refractivity contribution in [1.29, 1.82) is 0 Å². The fourth-order valence-corrected chi connectivity index (χ4v) is 6.78. The van der Waals surface area contributed by atoms with E-state index in [1.54, 1.807) is 0 Å². The molecule has 0 aliphatic carbocycles. The lowest BCUT2D eigenvalue weighted by atomic mass is 9.96. The fourth-order valence-electron chi connectivity index (χ4n) is 6.78. The van der Waals surface area contributed by atoms with E-state index in [1.165, 1.54) is 0 Å². The Morgan fingerprint density at radius 1 is 0.333 bits per heavy atom. The van der Waals surface area contributed by atoms with Crippen LogP contribution in [0.15, 0.2) is 160 Å². The molecule has 0 aliphatic heterocycles. The highest BCUT2D eigenvalue weighted by molar-refractivity contribution is 6.13. The van der Waals surface area contributed by atoms with E-state index in [4.69, 9.17) is 23.8 Å². The zero-order chi connectivity index (χ0) is 31.6. The van der Waals surface area contributed by atoms with Gasteiger partial charge in [-0.2, -0.15) is 0 Å². The molecule has 3 aromatic heterocycles. The molecule has 0 unspecified atom stereocenters. The van der Waals surface area contributed by atoms with Crippen LogP contribution in [0.2, 0.25) is 0 Å². The van der Waals surface area contributed by atoms with Gasteiger partial charge in [-0.05, 0) is 70.4 Å². The van der Waals surface area contributed by atoms with Crippen molar-refractivity contribution in [3.63, 3.8) is 0 Å². The quantitative estimate of drug-likeness (QED) is 0.197. The smallest absolute Gasteiger partial charge is 0.164 e. The number of rotatable bonds is 4. The average Bonchev–Trinajstić information content (AvgIpc) is 3.73. The summed E-state index contributed by atoms with van der Waals surface area (Å²) in [6.07, 6.45) is 0. The van der Waals surface area contributed by atoms with Crippen LogP contribution in [0.4, 0.5) is 0 Å². The second-order valence-electron chi connectivity index (χ2n) is 12.0. The first-order valence-corrected chi connectivity index (χ1v) is 15.9. The Labute approximate surface area is 274 Å². The molecule has 0 amide bonds. The minimum atomic E-state index is 0.613. The molecule has 7 aromatic carbocycles. The van der Waals surface area contributed by atoms with Crippen molar-refractivity contribution >= 4 is 54.6 Å². The summed E-state index contributed by atoms with van der Waals surface area (Å²) < 4.78 is 12.2. The van der Waals surface area contributed by atoms with Crippen molar-refractivity contribution < 1.29 is 8.83 Å². The number of benzene rings is 7. The summed E-state index contributed by atoms with van der Waals surface area (Å²) in [6, 6.07) is 51.8. The minimum absolute atomic E-state index is 0.613. The number of hydrogen-bond donors (Lipinski definition) is 0. The van der Waals surface area contributed by atoms with Gasteiger partial charge in [0.2, 0.25) is 0 Å². The standard InChI is InChI=1S/C43H25N3O2/c1-2-9-26(10-3-1)41-44-42(46-43(45-41)31-21-22-38-35(25-31)33-11-4-6-14-36(33)47-38)30-20-18-27-23-29(19-17-28(27)24-30)32-13-8-16-39-40(32)34-12-5-7-15-37(34)48-39/h1-25H.